The summed E-state index contributed by atoms with van der Waals surface area (Å²) in [7, 11) is 0. The van der Waals surface area contributed by atoms with Gasteiger partial charge >= 0.3 is 0 Å². The van der Waals surface area contributed by atoms with Crippen LogP contribution in [0, 0.1) is 0 Å². The van der Waals surface area contributed by atoms with Crippen molar-refractivity contribution in [3.63, 3.8) is 0 Å². The third-order valence-electron chi connectivity index (χ3n) is 3.30. The number of hydrogen-bond donors (Lipinski definition) is 3. The summed E-state index contributed by atoms with van der Waals surface area (Å²) >= 11 is 0. The van der Waals surface area contributed by atoms with Crippen molar-refractivity contribution in [2.45, 2.75) is 19.4 Å². The molecular weight excluding hydrogens is 256 g/mol. The van der Waals surface area contributed by atoms with Crippen molar-refractivity contribution in [3.05, 3.63) is 29.3 Å². The molecule has 1 aromatic rings. The van der Waals surface area contributed by atoms with Gasteiger partial charge in [-0.25, -0.2) is 0 Å². The van der Waals surface area contributed by atoms with Gasteiger partial charge in [0.05, 0.1) is 26.4 Å². The lowest BCUT2D eigenvalue weighted by molar-refractivity contribution is 0.0906. The zero-order chi connectivity index (χ0) is 14.4. The van der Waals surface area contributed by atoms with E-state index in [9.17, 15) is 4.79 Å². The Morgan fingerprint density at radius 1 is 1.50 bits per heavy atom. The summed E-state index contributed by atoms with van der Waals surface area (Å²) in [5.41, 5.74) is 3.11. The fraction of sp³-hybridized carbons (Fsp3) is 0.533. The number of carbonyl (C=O) groups excluding carboxylic acids is 1. The van der Waals surface area contributed by atoms with Crippen molar-refractivity contribution < 1.29 is 14.6 Å². The fourth-order valence-electron chi connectivity index (χ4n) is 2.34. The molecule has 1 aliphatic heterocycles. The minimum atomic E-state index is 0.0283. The van der Waals surface area contributed by atoms with E-state index in [1.807, 2.05) is 18.2 Å². The van der Waals surface area contributed by atoms with Crippen LogP contribution < -0.4 is 10.6 Å². The van der Waals surface area contributed by atoms with Crippen molar-refractivity contribution in [1.82, 2.24) is 5.32 Å². The molecule has 0 radical (unpaired) electrons. The van der Waals surface area contributed by atoms with Crippen LogP contribution in [0.1, 0.15) is 22.8 Å². The van der Waals surface area contributed by atoms with E-state index in [1.165, 1.54) is 5.56 Å². The Bertz CT molecular complexity index is 462. The molecule has 1 unspecified atom stereocenters. The first-order valence-corrected chi connectivity index (χ1v) is 7.02. The molecule has 110 valence electrons. The average molecular weight is 278 g/mol. The molecule has 0 amide bonds. The van der Waals surface area contributed by atoms with Gasteiger partial charge in [0.1, 0.15) is 0 Å². The lowest BCUT2D eigenvalue weighted by atomic mass is 10.0. The molecule has 1 aromatic carbocycles. The van der Waals surface area contributed by atoms with E-state index in [0.717, 1.165) is 17.7 Å². The molecule has 0 bridgehead atoms. The molecule has 0 fully saturated rings. The van der Waals surface area contributed by atoms with Gasteiger partial charge in [-0.2, -0.15) is 0 Å². The normalized spacial score (nSPS) is 16.8. The van der Waals surface area contributed by atoms with Crippen LogP contribution in [0.25, 0.3) is 0 Å². The second-order valence-corrected chi connectivity index (χ2v) is 5.06. The Morgan fingerprint density at radius 3 is 3.15 bits per heavy atom. The summed E-state index contributed by atoms with van der Waals surface area (Å²) in [5, 5.41) is 15.0. The van der Waals surface area contributed by atoms with E-state index in [2.05, 4.69) is 17.6 Å². The average Bonchev–Trinajstić information content (AvgIpc) is 2.81. The van der Waals surface area contributed by atoms with Gasteiger partial charge < -0.3 is 20.5 Å². The van der Waals surface area contributed by atoms with Gasteiger partial charge in [-0.15, -0.1) is 0 Å². The molecule has 1 atom stereocenters. The van der Waals surface area contributed by atoms with Crippen LogP contribution in [0.4, 0.5) is 5.69 Å². The van der Waals surface area contributed by atoms with E-state index in [-0.39, 0.29) is 12.4 Å². The van der Waals surface area contributed by atoms with Gasteiger partial charge in [0.15, 0.2) is 5.78 Å². The third kappa shape index (κ3) is 4.03. The zero-order valence-electron chi connectivity index (χ0n) is 11.8. The Balaban J connectivity index is 1.77. The van der Waals surface area contributed by atoms with E-state index in [0.29, 0.717) is 32.3 Å². The molecule has 5 heteroatoms. The van der Waals surface area contributed by atoms with Crippen molar-refractivity contribution >= 4 is 11.5 Å². The Morgan fingerprint density at radius 2 is 2.35 bits per heavy atom. The first-order valence-electron chi connectivity index (χ1n) is 7.02. The molecule has 0 aromatic heterocycles. The summed E-state index contributed by atoms with van der Waals surface area (Å²) in [6.45, 7) is 3.92. The predicted octanol–water partition coefficient (Wildman–Crippen LogP) is 0.824. The summed E-state index contributed by atoms with van der Waals surface area (Å²) in [6.07, 6.45) is 0.971. The van der Waals surface area contributed by atoms with Crippen molar-refractivity contribution in [2.75, 3.05) is 38.2 Å². The number of rotatable bonds is 8. The second-order valence-electron chi connectivity index (χ2n) is 5.06. The van der Waals surface area contributed by atoms with E-state index in [4.69, 9.17) is 9.84 Å². The number of ketones is 1. The second kappa shape index (κ2) is 7.38. The van der Waals surface area contributed by atoms with Crippen LogP contribution >= 0.6 is 0 Å². The smallest absolute Gasteiger partial charge is 0.176 e. The van der Waals surface area contributed by atoms with E-state index in [1.54, 1.807) is 0 Å². The molecule has 20 heavy (non-hydrogen) atoms. The zero-order valence-corrected chi connectivity index (χ0v) is 11.8. The summed E-state index contributed by atoms with van der Waals surface area (Å²) in [6, 6.07) is 6.28. The quantitative estimate of drug-likeness (QED) is 0.485. The molecule has 5 nitrogen and oxygen atoms in total. The van der Waals surface area contributed by atoms with Crippen LogP contribution in [0.5, 0.6) is 0 Å². The topological polar surface area (TPSA) is 70.6 Å². The number of Topliss-reactive ketones (excluding diaryl/α,β-unsaturated/α-hetero) is 1. The van der Waals surface area contributed by atoms with Gasteiger partial charge in [-0.05, 0) is 37.1 Å². The first kappa shape index (κ1) is 15.0. The third-order valence-corrected chi connectivity index (χ3v) is 3.30. The number of fused-ring (bicyclic) bond motifs is 1. The number of benzene rings is 1. The van der Waals surface area contributed by atoms with Crippen molar-refractivity contribution in [1.29, 1.82) is 0 Å². The first-order chi connectivity index (χ1) is 9.70. The monoisotopic (exact) mass is 278 g/mol. The van der Waals surface area contributed by atoms with Crippen LogP contribution in [0.2, 0.25) is 0 Å². The maximum atomic E-state index is 12.1. The summed E-state index contributed by atoms with van der Waals surface area (Å²) in [5.74, 6) is 0.0921. The van der Waals surface area contributed by atoms with Crippen LogP contribution in [0.3, 0.4) is 0 Å². The van der Waals surface area contributed by atoms with Crippen LogP contribution in [-0.4, -0.2) is 49.8 Å². The number of hydrogen-bond acceptors (Lipinski definition) is 5. The summed E-state index contributed by atoms with van der Waals surface area (Å²) in [4.78, 5) is 12.1. The molecule has 1 heterocycles. The molecule has 0 saturated heterocycles. The standard InChI is InChI=1S/C15H22N2O3/c1-11-8-13-9-12(2-3-14(13)17-11)15(19)10-16-4-6-20-7-5-18/h2-3,9,11,16-18H,4-8,10H2,1H3. The lowest BCUT2D eigenvalue weighted by Crippen LogP contribution is -2.27. The minimum absolute atomic E-state index is 0.0283. The Kier molecular flexibility index (Phi) is 5.52. The lowest BCUT2D eigenvalue weighted by Gasteiger charge is -2.06. The number of carbonyl (C=O) groups is 1. The van der Waals surface area contributed by atoms with Gasteiger partial charge in [-0.1, -0.05) is 0 Å². The molecule has 0 spiro atoms. The van der Waals surface area contributed by atoms with Crippen molar-refractivity contribution in [3.8, 4) is 0 Å². The van der Waals surface area contributed by atoms with Crippen molar-refractivity contribution in [2.24, 2.45) is 0 Å². The van der Waals surface area contributed by atoms with Gasteiger partial charge in [0.25, 0.3) is 0 Å². The fourth-order valence-corrected chi connectivity index (χ4v) is 2.34. The number of aliphatic hydroxyl groups excluding tert-OH is 1. The Hall–Kier alpha value is -1.43. The number of nitrogens with one attached hydrogen (secondary N) is 2. The van der Waals surface area contributed by atoms with Crippen LogP contribution in [-0.2, 0) is 11.2 Å². The maximum absolute atomic E-state index is 12.1. The highest BCUT2D eigenvalue weighted by Crippen LogP contribution is 2.26. The highest BCUT2D eigenvalue weighted by atomic mass is 16.5. The van der Waals surface area contributed by atoms with Gasteiger partial charge in [0, 0.05) is 23.8 Å². The highest BCUT2D eigenvalue weighted by Gasteiger charge is 2.18. The molecule has 1 aliphatic rings. The van der Waals surface area contributed by atoms with E-state index >= 15 is 0 Å². The van der Waals surface area contributed by atoms with Crippen LogP contribution in [0.15, 0.2) is 18.2 Å². The molecule has 2 rings (SSSR count). The molecule has 0 saturated carbocycles. The number of anilines is 1. The number of ether oxygens (including phenoxy) is 1. The summed E-state index contributed by atoms with van der Waals surface area (Å²) < 4.78 is 5.11. The maximum Gasteiger partial charge on any atom is 0.176 e. The molecular formula is C15H22N2O3. The minimum Gasteiger partial charge on any atom is -0.394 e. The van der Waals surface area contributed by atoms with Gasteiger partial charge in [-0.3, -0.25) is 4.79 Å². The van der Waals surface area contributed by atoms with Gasteiger partial charge in [0.2, 0.25) is 0 Å². The van der Waals surface area contributed by atoms with E-state index < -0.39 is 0 Å². The largest absolute Gasteiger partial charge is 0.394 e. The number of aliphatic hydroxyl groups is 1. The molecule has 3 N–H and O–H groups in total. The Labute approximate surface area is 119 Å². The predicted molar refractivity (Wildman–Crippen MR) is 78.3 cm³/mol. The highest BCUT2D eigenvalue weighted by molar-refractivity contribution is 5.98. The SMILES string of the molecule is CC1Cc2cc(C(=O)CNCCOCCO)ccc2N1. The molecule has 0 aliphatic carbocycles.